The highest BCUT2D eigenvalue weighted by Crippen LogP contribution is 2.71. The number of rotatable bonds is 7. The Kier molecular flexibility index (Phi) is 7.60. The lowest BCUT2D eigenvalue weighted by Crippen LogP contribution is -2.59. The molecule has 190 valence electrons. The van der Waals surface area contributed by atoms with Crippen molar-refractivity contribution in [1.82, 2.24) is 0 Å². The monoisotopic (exact) mass is 460 g/mol. The third-order valence-electron chi connectivity index (χ3n) is 11.9. The van der Waals surface area contributed by atoms with Crippen LogP contribution >= 0.6 is 0 Å². The van der Waals surface area contributed by atoms with E-state index in [2.05, 4.69) is 41.5 Å². The van der Waals surface area contributed by atoms with Crippen LogP contribution in [0.4, 0.5) is 0 Å². The van der Waals surface area contributed by atoms with Crippen molar-refractivity contribution in [2.24, 2.45) is 58.2 Å². The molecule has 4 aliphatic rings. The molecule has 3 nitrogen and oxygen atoms in total. The molecule has 0 amide bonds. The van der Waals surface area contributed by atoms with Crippen LogP contribution in [0, 0.1) is 58.2 Å². The Labute approximate surface area is 204 Å². The van der Waals surface area contributed by atoms with Gasteiger partial charge in [-0.25, -0.2) is 0 Å². The number of carbonyl (C=O) groups is 1. The quantitative estimate of drug-likeness (QED) is 0.368. The van der Waals surface area contributed by atoms with Gasteiger partial charge in [-0.3, -0.25) is 4.79 Å². The van der Waals surface area contributed by atoms with Crippen LogP contribution in [0.25, 0.3) is 0 Å². The SMILES string of the molecule is CCCO[C@H]1CC[C@@]2(C)C(C1)C[C@@H](C)C1C2C[C@H](C)[C@@]2(C)C1CC[C@@H]2C(C)CCC(=O)OC. The van der Waals surface area contributed by atoms with Crippen LogP contribution in [0.3, 0.4) is 0 Å². The summed E-state index contributed by atoms with van der Waals surface area (Å²) >= 11 is 0. The highest BCUT2D eigenvalue weighted by atomic mass is 16.5. The molecule has 0 aromatic carbocycles. The third-order valence-corrected chi connectivity index (χ3v) is 11.9. The first kappa shape index (κ1) is 25.5. The Morgan fingerprint density at radius 1 is 1.06 bits per heavy atom. The van der Waals surface area contributed by atoms with Crippen LogP contribution in [0.2, 0.25) is 0 Å². The van der Waals surface area contributed by atoms with E-state index in [1.807, 2.05) is 0 Å². The first-order valence-electron chi connectivity index (χ1n) is 14.3. The zero-order valence-corrected chi connectivity index (χ0v) is 22.7. The summed E-state index contributed by atoms with van der Waals surface area (Å²) in [7, 11) is 1.52. The van der Waals surface area contributed by atoms with Crippen LogP contribution in [0.1, 0.15) is 106 Å². The van der Waals surface area contributed by atoms with Gasteiger partial charge in [-0.1, -0.05) is 41.5 Å². The van der Waals surface area contributed by atoms with E-state index >= 15 is 0 Å². The minimum atomic E-state index is -0.0447. The Bertz CT molecular complexity index is 690. The van der Waals surface area contributed by atoms with E-state index in [1.54, 1.807) is 0 Å². The molecule has 0 heterocycles. The van der Waals surface area contributed by atoms with E-state index in [1.165, 1.54) is 52.1 Å². The Morgan fingerprint density at radius 3 is 2.52 bits per heavy atom. The van der Waals surface area contributed by atoms with Gasteiger partial charge in [-0.05, 0) is 116 Å². The van der Waals surface area contributed by atoms with Gasteiger partial charge >= 0.3 is 5.97 Å². The van der Waals surface area contributed by atoms with Crippen molar-refractivity contribution < 1.29 is 14.3 Å². The topological polar surface area (TPSA) is 35.5 Å². The number of methoxy groups -OCH3 is 1. The molecular weight excluding hydrogens is 408 g/mol. The van der Waals surface area contributed by atoms with Crippen molar-refractivity contribution in [2.75, 3.05) is 13.7 Å². The molecule has 4 aliphatic carbocycles. The zero-order chi connectivity index (χ0) is 24.0. The number of hydrogen-bond donors (Lipinski definition) is 0. The summed E-state index contributed by atoms with van der Waals surface area (Å²) in [5.74, 6) is 6.39. The molecule has 0 aromatic heterocycles. The van der Waals surface area contributed by atoms with Crippen LogP contribution in [0.5, 0.6) is 0 Å². The second-order valence-electron chi connectivity index (χ2n) is 13.3. The Hall–Kier alpha value is -0.570. The molecule has 33 heavy (non-hydrogen) atoms. The maximum Gasteiger partial charge on any atom is 0.305 e. The molecule has 4 fully saturated rings. The van der Waals surface area contributed by atoms with Crippen molar-refractivity contribution >= 4 is 5.97 Å². The molecule has 0 radical (unpaired) electrons. The molecule has 4 saturated carbocycles. The molecule has 4 rings (SSSR count). The van der Waals surface area contributed by atoms with Gasteiger partial charge in [-0.15, -0.1) is 0 Å². The number of carbonyl (C=O) groups excluding carboxylic acids is 1. The normalized spacial score (nSPS) is 47.8. The van der Waals surface area contributed by atoms with Gasteiger partial charge in [0.05, 0.1) is 13.2 Å². The van der Waals surface area contributed by atoms with Gasteiger partial charge in [0, 0.05) is 13.0 Å². The van der Waals surface area contributed by atoms with Gasteiger partial charge in [0.1, 0.15) is 0 Å². The van der Waals surface area contributed by atoms with E-state index < -0.39 is 0 Å². The first-order valence-corrected chi connectivity index (χ1v) is 14.3. The van der Waals surface area contributed by atoms with Gasteiger partial charge in [0.15, 0.2) is 0 Å². The lowest BCUT2D eigenvalue weighted by molar-refractivity contribution is -0.172. The summed E-state index contributed by atoms with van der Waals surface area (Å²) in [5.41, 5.74) is 0.934. The second kappa shape index (κ2) is 9.82. The number of ether oxygens (including phenoxy) is 2. The summed E-state index contributed by atoms with van der Waals surface area (Å²) in [5, 5.41) is 0. The van der Waals surface area contributed by atoms with E-state index in [0.29, 0.717) is 29.3 Å². The molecule has 0 aromatic rings. The summed E-state index contributed by atoms with van der Waals surface area (Å²) in [6.45, 7) is 16.1. The van der Waals surface area contributed by atoms with Gasteiger partial charge in [0.25, 0.3) is 0 Å². The fourth-order valence-electron chi connectivity index (χ4n) is 9.99. The fraction of sp³-hybridized carbons (Fsp3) is 0.967. The maximum absolute atomic E-state index is 11.8. The maximum atomic E-state index is 11.8. The van der Waals surface area contributed by atoms with Crippen LogP contribution in [0.15, 0.2) is 0 Å². The Morgan fingerprint density at radius 2 is 1.82 bits per heavy atom. The van der Waals surface area contributed by atoms with E-state index in [9.17, 15) is 4.79 Å². The lowest BCUT2D eigenvalue weighted by atomic mass is 9.40. The molecule has 0 saturated heterocycles. The summed E-state index contributed by atoms with van der Waals surface area (Å²) in [4.78, 5) is 11.8. The number of hydrogen-bond acceptors (Lipinski definition) is 3. The number of fused-ring (bicyclic) bond motifs is 5. The van der Waals surface area contributed by atoms with E-state index in [-0.39, 0.29) is 5.97 Å². The molecule has 0 bridgehead atoms. The molecule has 0 spiro atoms. The van der Waals surface area contributed by atoms with Crippen molar-refractivity contribution in [3.63, 3.8) is 0 Å². The van der Waals surface area contributed by atoms with Crippen LogP contribution in [-0.2, 0) is 14.3 Å². The predicted octanol–water partition coefficient (Wildman–Crippen LogP) is 7.52. The molecule has 0 N–H and O–H groups in total. The van der Waals surface area contributed by atoms with Gasteiger partial charge in [0.2, 0.25) is 0 Å². The van der Waals surface area contributed by atoms with Crippen molar-refractivity contribution in [2.45, 2.75) is 112 Å². The van der Waals surface area contributed by atoms with Crippen molar-refractivity contribution in [3.8, 4) is 0 Å². The highest BCUT2D eigenvalue weighted by Gasteiger charge is 2.64. The average molecular weight is 461 g/mol. The second-order valence-corrected chi connectivity index (χ2v) is 13.3. The van der Waals surface area contributed by atoms with Crippen molar-refractivity contribution in [1.29, 1.82) is 0 Å². The number of esters is 1. The standard InChI is InChI=1S/C30H52O3/c1-8-15-33-23-13-14-29(5)22(18-23)16-20(3)28-25-11-10-24(19(2)9-12-27(31)32-7)30(25,6)21(4)17-26(28)29/h19-26,28H,8-18H2,1-7H3/t19?,20-,21+,22?,23+,24-,25?,26?,28?,29+,30-/m1/s1. The summed E-state index contributed by atoms with van der Waals surface area (Å²) < 4.78 is 11.2. The lowest BCUT2D eigenvalue weighted by Gasteiger charge is -2.65. The molecule has 3 heteroatoms. The van der Waals surface area contributed by atoms with Crippen LogP contribution in [-0.4, -0.2) is 25.8 Å². The molecule has 11 atom stereocenters. The summed E-state index contributed by atoms with van der Waals surface area (Å²) in [6, 6.07) is 0. The minimum absolute atomic E-state index is 0.0447. The highest BCUT2D eigenvalue weighted by molar-refractivity contribution is 5.69. The Balaban J connectivity index is 1.52. The van der Waals surface area contributed by atoms with E-state index in [0.717, 1.165) is 60.9 Å². The third kappa shape index (κ3) is 4.31. The van der Waals surface area contributed by atoms with Crippen LogP contribution < -0.4 is 0 Å². The fourth-order valence-corrected chi connectivity index (χ4v) is 9.99. The molecular formula is C30H52O3. The molecule has 5 unspecified atom stereocenters. The van der Waals surface area contributed by atoms with Gasteiger partial charge < -0.3 is 9.47 Å². The van der Waals surface area contributed by atoms with Gasteiger partial charge in [-0.2, -0.15) is 0 Å². The largest absolute Gasteiger partial charge is 0.469 e. The van der Waals surface area contributed by atoms with Crippen molar-refractivity contribution in [3.05, 3.63) is 0 Å². The first-order chi connectivity index (χ1) is 15.7. The average Bonchev–Trinajstić information content (AvgIpc) is 3.15. The van der Waals surface area contributed by atoms with E-state index in [4.69, 9.17) is 9.47 Å². The smallest absolute Gasteiger partial charge is 0.305 e. The minimum Gasteiger partial charge on any atom is -0.469 e. The predicted molar refractivity (Wildman–Crippen MR) is 135 cm³/mol. The summed E-state index contributed by atoms with van der Waals surface area (Å²) in [6.07, 6.45) is 12.7. The zero-order valence-electron chi connectivity index (χ0n) is 22.7. The molecule has 0 aliphatic heterocycles.